The molecule has 0 radical (unpaired) electrons. The van der Waals surface area contributed by atoms with Crippen LogP contribution in [0, 0.1) is 41.4 Å². The van der Waals surface area contributed by atoms with Crippen LogP contribution in [0.1, 0.15) is 98.3 Å². The summed E-state index contributed by atoms with van der Waals surface area (Å²) in [5.41, 5.74) is 2.47. The van der Waals surface area contributed by atoms with Crippen molar-refractivity contribution < 1.29 is 0 Å². The molecule has 7 atom stereocenters. The Hall–Kier alpha value is -2.57. The Balaban J connectivity index is 1.29. The topological polar surface area (TPSA) is 86.5 Å². The summed E-state index contributed by atoms with van der Waals surface area (Å²) < 4.78 is 0. The summed E-state index contributed by atoms with van der Waals surface area (Å²) in [6.45, 7) is 8.86. The van der Waals surface area contributed by atoms with Gasteiger partial charge in [-0.15, -0.1) is 0 Å². The molecule has 0 amide bonds. The van der Waals surface area contributed by atoms with Crippen molar-refractivity contribution in [3.05, 3.63) is 11.8 Å². The molecule has 0 bridgehead atoms. The van der Waals surface area contributed by atoms with Gasteiger partial charge in [0.1, 0.15) is 35.5 Å². The summed E-state index contributed by atoms with van der Waals surface area (Å²) in [5, 5.41) is 0. The normalized spacial score (nSPS) is 37.6. The van der Waals surface area contributed by atoms with Crippen LogP contribution >= 0.6 is 0 Å². The van der Waals surface area contributed by atoms with Crippen molar-refractivity contribution in [3.8, 4) is 0 Å². The Bertz CT molecular complexity index is 1200. The maximum absolute atomic E-state index is 5.06. The van der Waals surface area contributed by atoms with Crippen molar-refractivity contribution in [1.29, 1.82) is 0 Å². The van der Waals surface area contributed by atoms with Gasteiger partial charge in [-0.1, -0.05) is 33.3 Å². The van der Waals surface area contributed by atoms with E-state index in [0.717, 1.165) is 79.8 Å². The molecule has 0 aromatic heterocycles. The van der Waals surface area contributed by atoms with Gasteiger partial charge in [0, 0.05) is 46.9 Å². The smallest absolute Gasteiger partial charge is 0.135 e. The lowest BCUT2D eigenvalue weighted by Gasteiger charge is -2.40. The SMILES string of the molecule is CC=C1N=CN=C2N=C3N=C4N=C5N=C6N=C(CC)C(CC)CC6CC5CC4CC3CC2CCCC1CC. The molecule has 0 N–H and O–H groups in total. The number of fused-ring (bicyclic) bond motifs is 5. The predicted molar refractivity (Wildman–Crippen MR) is 159 cm³/mol. The maximum atomic E-state index is 5.06. The molecule has 0 saturated carbocycles. The minimum Gasteiger partial charge on any atom is -0.242 e. The molecule has 7 heteroatoms. The highest BCUT2D eigenvalue weighted by Crippen LogP contribution is 2.43. The molecule has 6 aliphatic rings. The predicted octanol–water partition coefficient (Wildman–Crippen LogP) is 7.10. The van der Waals surface area contributed by atoms with E-state index in [1.165, 1.54) is 31.4 Å². The summed E-state index contributed by atoms with van der Waals surface area (Å²) in [4.78, 5) is 34.7. The Morgan fingerprint density at radius 3 is 1.79 bits per heavy atom. The zero-order valence-electron chi connectivity index (χ0n) is 23.6. The summed E-state index contributed by atoms with van der Waals surface area (Å²) in [7, 11) is 0. The molecule has 0 saturated heterocycles. The average Bonchev–Trinajstić information content (AvgIpc) is 2.94. The standard InChI is InChI=1S/C31H43N7/c1-5-18-10-9-11-20-13-22-15-24-16-23-14-21-12-19(6-2)26(8-4)34-28(21)36-30(23)38-31(24)37-29(22)35-27(20)33-17-32-25(18)7-3/h7,17-24H,5-6,8-16H2,1-4H3. The lowest BCUT2D eigenvalue weighted by molar-refractivity contribution is 0.346. The summed E-state index contributed by atoms with van der Waals surface area (Å²) in [6, 6.07) is 0. The first-order valence-electron chi connectivity index (χ1n) is 15.3. The molecule has 7 unspecified atom stereocenters. The van der Waals surface area contributed by atoms with Gasteiger partial charge in [-0.25, -0.2) is 34.9 Å². The first kappa shape index (κ1) is 25.7. The van der Waals surface area contributed by atoms with E-state index in [1.807, 2.05) is 0 Å². The molecule has 6 aliphatic heterocycles. The van der Waals surface area contributed by atoms with Crippen LogP contribution in [0.3, 0.4) is 0 Å². The lowest BCUT2D eigenvalue weighted by Crippen LogP contribution is -2.42. The van der Waals surface area contributed by atoms with Crippen molar-refractivity contribution in [1.82, 2.24) is 0 Å². The maximum Gasteiger partial charge on any atom is 0.135 e. The first-order valence-corrected chi connectivity index (χ1v) is 15.3. The third-order valence-corrected chi connectivity index (χ3v) is 9.88. The monoisotopic (exact) mass is 513 g/mol. The van der Waals surface area contributed by atoms with E-state index in [9.17, 15) is 0 Å². The van der Waals surface area contributed by atoms with Gasteiger partial charge in [0.05, 0.1) is 0 Å². The average molecular weight is 514 g/mol. The van der Waals surface area contributed by atoms with E-state index >= 15 is 0 Å². The molecule has 202 valence electrons. The summed E-state index contributed by atoms with van der Waals surface area (Å²) >= 11 is 0. The van der Waals surface area contributed by atoms with Gasteiger partial charge in [0.25, 0.3) is 0 Å². The van der Waals surface area contributed by atoms with E-state index in [2.05, 4.69) is 33.8 Å². The number of nitrogens with zero attached hydrogens (tertiary/aromatic N) is 7. The Kier molecular flexibility index (Phi) is 7.37. The zero-order valence-corrected chi connectivity index (χ0v) is 23.6. The van der Waals surface area contributed by atoms with E-state index in [4.69, 9.17) is 34.9 Å². The molecule has 0 aromatic rings. The van der Waals surface area contributed by atoms with Crippen LogP contribution < -0.4 is 0 Å². The first-order chi connectivity index (χ1) is 18.6. The Labute approximate surface area is 227 Å². The van der Waals surface area contributed by atoms with Crippen molar-refractivity contribution in [2.45, 2.75) is 98.3 Å². The van der Waals surface area contributed by atoms with E-state index in [-0.39, 0.29) is 0 Å². The van der Waals surface area contributed by atoms with Crippen LogP contribution in [0.4, 0.5) is 0 Å². The van der Waals surface area contributed by atoms with Crippen LogP contribution in [-0.4, -0.2) is 41.2 Å². The van der Waals surface area contributed by atoms with Crippen molar-refractivity contribution in [2.24, 2.45) is 76.4 Å². The van der Waals surface area contributed by atoms with Crippen LogP contribution in [0.5, 0.6) is 0 Å². The van der Waals surface area contributed by atoms with Gasteiger partial charge in [0.15, 0.2) is 0 Å². The third kappa shape index (κ3) is 4.82. The number of rotatable bonds is 3. The number of aliphatic imine (C=N–C) groups is 7. The van der Waals surface area contributed by atoms with Crippen LogP contribution in [-0.2, 0) is 0 Å². The molecule has 6 heterocycles. The molecule has 7 nitrogen and oxygen atoms in total. The van der Waals surface area contributed by atoms with Gasteiger partial charge >= 0.3 is 0 Å². The van der Waals surface area contributed by atoms with E-state index in [0.29, 0.717) is 41.4 Å². The summed E-state index contributed by atoms with van der Waals surface area (Å²) in [5.74, 6) is 8.07. The fourth-order valence-corrected chi connectivity index (χ4v) is 7.71. The highest BCUT2D eigenvalue weighted by Gasteiger charge is 2.43. The van der Waals surface area contributed by atoms with Crippen LogP contribution in [0.25, 0.3) is 0 Å². The lowest BCUT2D eigenvalue weighted by atomic mass is 9.72. The molecule has 0 fully saturated rings. The van der Waals surface area contributed by atoms with Crippen LogP contribution in [0.2, 0.25) is 0 Å². The van der Waals surface area contributed by atoms with E-state index < -0.39 is 0 Å². The highest BCUT2D eigenvalue weighted by molar-refractivity contribution is 6.15. The van der Waals surface area contributed by atoms with Crippen LogP contribution in [0.15, 0.2) is 46.7 Å². The zero-order chi connectivity index (χ0) is 26.2. The Morgan fingerprint density at radius 1 is 0.658 bits per heavy atom. The number of hydrogen-bond acceptors (Lipinski definition) is 7. The molecular weight excluding hydrogens is 470 g/mol. The molecular formula is C31H43N7. The van der Waals surface area contributed by atoms with E-state index in [1.54, 1.807) is 6.34 Å². The number of hydrogen-bond donors (Lipinski definition) is 0. The number of allylic oxidation sites excluding steroid dienone is 2. The quantitative estimate of drug-likeness (QED) is 0.385. The van der Waals surface area contributed by atoms with Gasteiger partial charge in [-0.05, 0) is 77.0 Å². The van der Waals surface area contributed by atoms with Crippen molar-refractivity contribution in [3.63, 3.8) is 0 Å². The molecule has 0 aromatic carbocycles. The van der Waals surface area contributed by atoms with Gasteiger partial charge < -0.3 is 0 Å². The molecule has 0 spiro atoms. The van der Waals surface area contributed by atoms with Gasteiger partial charge in [-0.3, -0.25) is 0 Å². The fourth-order valence-electron chi connectivity index (χ4n) is 7.71. The molecule has 38 heavy (non-hydrogen) atoms. The molecule has 6 rings (SSSR count). The second kappa shape index (κ2) is 10.9. The summed E-state index contributed by atoms with van der Waals surface area (Å²) in [6.07, 6.45) is 16.4. The van der Waals surface area contributed by atoms with Gasteiger partial charge in [0.2, 0.25) is 0 Å². The second-order valence-corrected chi connectivity index (χ2v) is 12.1. The highest BCUT2D eigenvalue weighted by atomic mass is 15.1. The third-order valence-electron chi connectivity index (χ3n) is 9.88. The number of amidine groups is 5. The minimum atomic E-state index is 0.403. The van der Waals surface area contributed by atoms with Crippen molar-refractivity contribution in [2.75, 3.05) is 0 Å². The van der Waals surface area contributed by atoms with Crippen molar-refractivity contribution >= 4 is 41.2 Å². The second-order valence-electron chi connectivity index (χ2n) is 12.1. The molecule has 0 aliphatic carbocycles. The largest absolute Gasteiger partial charge is 0.242 e. The van der Waals surface area contributed by atoms with Gasteiger partial charge in [-0.2, -0.15) is 0 Å². The Morgan fingerprint density at radius 2 is 1.21 bits per heavy atom. The fraction of sp³-hybridized carbons (Fsp3) is 0.710. The minimum absolute atomic E-state index is 0.403.